The Balaban J connectivity index is 1.70. The quantitative estimate of drug-likeness (QED) is 0.920. The predicted molar refractivity (Wildman–Crippen MR) is 79.5 cm³/mol. The van der Waals surface area contributed by atoms with E-state index in [0.29, 0.717) is 6.04 Å². The van der Waals surface area contributed by atoms with Crippen LogP contribution in [-0.4, -0.2) is 28.4 Å². The zero-order chi connectivity index (χ0) is 13.9. The van der Waals surface area contributed by atoms with Crippen molar-refractivity contribution < 1.29 is 4.79 Å². The van der Waals surface area contributed by atoms with E-state index in [2.05, 4.69) is 22.4 Å². The molecule has 1 aromatic rings. The number of amides is 1. The summed E-state index contributed by atoms with van der Waals surface area (Å²) in [5.41, 5.74) is 1.17. The van der Waals surface area contributed by atoms with Gasteiger partial charge in [-0.25, -0.2) is 4.98 Å². The summed E-state index contributed by atoms with van der Waals surface area (Å²) in [7, 11) is 0. The van der Waals surface area contributed by atoms with Gasteiger partial charge in [0.2, 0.25) is 5.91 Å². The van der Waals surface area contributed by atoms with Crippen molar-refractivity contribution in [1.82, 2.24) is 9.88 Å². The van der Waals surface area contributed by atoms with Crippen molar-refractivity contribution in [3.8, 4) is 0 Å². The Morgan fingerprint density at radius 3 is 2.70 bits per heavy atom. The van der Waals surface area contributed by atoms with E-state index in [1.54, 1.807) is 6.92 Å². The van der Waals surface area contributed by atoms with E-state index in [-0.39, 0.29) is 11.9 Å². The summed E-state index contributed by atoms with van der Waals surface area (Å²) in [4.78, 5) is 18.2. The Morgan fingerprint density at radius 1 is 1.25 bits per heavy atom. The number of pyridine rings is 1. The van der Waals surface area contributed by atoms with Gasteiger partial charge in [0.05, 0.1) is 6.04 Å². The normalized spacial score (nSPS) is 23.2. The molecule has 0 spiro atoms. The minimum atomic E-state index is 0.173. The molecule has 1 N–H and O–H groups in total. The van der Waals surface area contributed by atoms with Crippen molar-refractivity contribution >= 4 is 11.7 Å². The van der Waals surface area contributed by atoms with Crippen LogP contribution in [0.25, 0.3) is 0 Å². The first-order valence-electron chi connectivity index (χ1n) is 7.74. The number of hydrogen-bond acceptors (Lipinski definition) is 3. The number of carbonyl (C=O) groups is 1. The lowest BCUT2D eigenvalue weighted by Crippen LogP contribution is -2.37. The second kappa shape index (κ2) is 5.81. The Hall–Kier alpha value is -1.58. The van der Waals surface area contributed by atoms with Gasteiger partial charge in [0.25, 0.3) is 0 Å². The van der Waals surface area contributed by atoms with Crippen molar-refractivity contribution in [1.29, 1.82) is 0 Å². The average molecular weight is 273 g/mol. The molecule has 0 aromatic carbocycles. The van der Waals surface area contributed by atoms with Gasteiger partial charge < -0.3 is 10.2 Å². The number of piperidine rings is 1. The molecule has 1 amide bonds. The van der Waals surface area contributed by atoms with Gasteiger partial charge in [-0.3, -0.25) is 4.79 Å². The molecule has 1 aromatic heterocycles. The molecule has 1 unspecified atom stereocenters. The first-order valence-corrected chi connectivity index (χ1v) is 7.74. The molecule has 1 aliphatic carbocycles. The lowest BCUT2D eigenvalue weighted by atomic mass is 9.93. The summed E-state index contributed by atoms with van der Waals surface area (Å²) >= 11 is 0. The molecule has 2 aliphatic rings. The topological polar surface area (TPSA) is 45.2 Å². The van der Waals surface area contributed by atoms with E-state index in [9.17, 15) is 4.79 Å². The first-order chi connectivity index (χ1) is 9.74. The highest BCUT2D eigenvalue weighted by molar-refractivity contribution is 5.74. The molecule has 2 fully saturated rings. The maximum absolute atomic E-state index is 11.7. The summed E-state index contributed by atoms with van der Waals surface area (Å²) in [5.74, 6) is 1.13. The number of likely N-dealkylation sites (tertiary alicyclic amines) is 1. The Morgan fingerprint density at radius 2 is 2.10 bits per heavy atom. The monoisotopic (exact) mass is 273 g/mol. The molecule has 0 radical (unpaired) electrons. The zero-order valence-corrected chi connectivity index (χ0v) is 12.1. The van der Waals surface area contributed by atoms with Crippen LogP contribution < -0.4 is 5.32 Å². The SMILES string of the molecule is CC(=O)N1CCCCC1c1ccc(NC2CCC2)nc1. The Kier molecular flexibility index (Phi) is 3.90. The van der Waals surface area contributed by atoms with Crippen molar-refractivity contribution in [2.45, 2.75) is 57.5 Å². The van der Waals surface area contributed by atoms with Crippen molar-refractivity contribution in [2.75, 3.05) is 11.9 Å². The Labute approximate surface area is 120 Å². The zero-order valence-electron chi connectivity index (χ0n) is 12.1. The van der Waals surface area contributed by atoms with Gasteiger partial charge in [0.15, 0.2) is 0 Å². The van der Waals surface area contributed by atoms with Crippen LogP contribution in [0.15, 0.2) is 18.3 Å². The summed E-state index contributed by atoms with van der Waals surface area (Å²) in [6.07, 6.45) is 9.13. The molecule has 2 heterocycles. The second-order valence-electron chi connectivity index (χ2n) is 5.97. The van der Waals surface area contributed by atoms with Gasteiger partial charge >= 0.3 is 0 Å². The van der Waals surface area contributed by atoms with E-state index in [1.165, 1.54) is 31.2 Å². The number of nitrogens with one attached hydrogen (secondary N) is 1. The van der Waals surface area contributed by atoms with Crippen LogP contribution in [0.5, 0.6) is 0 Å². The van der Waals surface area contributed by atoms with Crippen molar-refractivity contribution in [3.05, 3.63) is 23.9 Å². The third-order valence-electron chi connectivity index (χ3n) is 4.54. The molecule has 3 rings (SSSR count). The van der Waals surface area contributed by atoms with Gasteiger partial charge in [-0.05, 0) is 50.2 Å². The number of carbonyl (C=O) groups excluding carboxylic acids is 1. The average Bonchev–Trinajstić information content (AvgIpc) is 2.43. The number of anilines is 1. The number of nitrogens with zero attached hydrogens (tertiary/aromatic N) is 2. The van der Waals surface area contributed by atoms with Crippen LogP contribution in [0.4, 0.5) is 5.82 Å². The highest BCUT2D eigenvalue weighted by atomic mass is 16.2. The lowest BCUT2D eigenvalue weighted by Gasteiger charge is -2.35. The fourth-order valence-corrected chi connectivity index (χ4v) is 3.10. The molecule has 108 valence electrons. The van der Waals surface area contributed by atoms with Gasteiger partial charge in [-0.15, -0.1) is 0 Å². The Bertz CT molecular complexity index is 467. The highest BCUT2D eigenvalue weighted by Gasteiger charge is 2.26. The molecule has 1 atom stereocenters. The minimum Gasteiger partial charge on any atom is -0.367 e. The fourth-order valence-electron chi connectivity index (χ4n) is 3.10. The molecule has 0 bridgehead atoms. The van der Waals surface area contributed by atoms with E-state index in [1.807, 2.05) is 11.1 Å². The minimum absolute atomic E-state index is 0.173. The van der Waals surface area contributed by atoms with Crippen LogP contribution in [-0.2, 0) is 4.79 Å². The van der Waals surface area contributed by atoms with Gasteiger partial charge in [-0.2, -0.15) is 0 Å². The summed E-state index contributed by atoms with van der Waals surface area (Å²) in [6, 6.07) is 5.00. The molecule has 1 saturated heterocycles. The summed E-state index contributed by atoms with van der Waals surface area (Å²) in [5, 5.41) is 3.45. The van der Waals surface area contributed by atoms with Crippen LogP contribution in [0, 0.1) is 0 Å². The summed E-state index contributed by atoms with van der Waals surface area (Å²) in [6.45, 7) is 2.54. The fraction of sp³-hybridized carbons (Fsp3) is 0.625. The van der Waals surface area contributed by atoms with E-state index in [0.717, 1.165) is 25.2 Å². The standard InChI is InChI=1S/C16H23N3O/c1-12(20)19-10-3-2-7-15(19)13-8-9-16(17-11-13)18-14-5-4-6-14/h8-9,11,14-15H,2-7,10H2,1H3,(H,17,18). The van der Waals surface area contributed by atoms with Crippen molar-refractivity contribution in [2.24, 2.45) is 0 Å². The maximum atomic E-state index is 11.7. The van der Waals surface area contributed by atoms with Crippen LogP contribution in [0.2, 0.25) is 0 Å². The first kappa shape index (κ1) is 13.4. The lowest BCUT2D eigenvalue weighted by molar-refractivity contribution is -0.132. The highest BCUT2D eigenvalue weighted by Crippen LogP contribution is 2.31. The number of hydrogen-bond donors (Lipinski definition) is 1. The van der Waals surface area contributed by atoms with E-state index < -0.39 is 0 Å². The largest absolute Gasteiger partial charge is 0.367 e. The molecular weight excluding hydrogens is 250 g/mol. The maximum Gasteiger partial charge on any atom is 0.219 e. The van der Waals surface area contributed by atoms with E-state index in [4.69, 9.17) is 0 Å². The molecule has 1 saturated carbocycles. The molecule has 1 aliphatic heterocycles. The third-order valence-corrected chi connectivity index (χ3v) is 4.54. The van der Waals surface area contributed by atoms with Gasteiger partial charge in [0, 0.05) is 25.7 Å². The van der Waals surface area contributed by atoms with Crippen molar-refractivity contribution in [3.63, 3.8) is 0 Å². The van der Waals surface area contributed by atoms with Gasteiger partial charge in [0.1, 0.15) is 5.82 Å². The van der Waals surface area contributed by atoms with Gasteiger partial charge in [-0.1, -0.05) is 6.07 Å². The second-order valence-corrected chi connectivity index (χ2v) is 5.97. The van der Waals surface area contributed by atoms with Crippen LogP contribution >= 0.6 is 0 Å². The molecular formula is C16H23N3O. The van der Waals surface area contributed by atoms with Crippen LogP contribution in [0.1, 0.15) is 57.1 Å². The molecule has 4 heteroatoms. The summed E-state index contributed by atoms with van der Waals surface area (Å²) < 4.78 is 0. The van der Waals surface area contributed by atoms with E-state index >= 15 is 0 Å². The van der Waals surface area contributed by atoms with Crippen LogP contribution in [0.3, 0.4) is 0 Å². The predicted octanol–water partition coefficient (Wildman–Crippen LogP) is 3.12. The molecule has 4 nitrogen and oxygen atoms in total. The number of rotatable bonds is 3. The molecule has 20 heavy (non-hydrogen) atoms. The smallest absolute Gasteiger partial charge is 0.219 e. The third kappa shape index (κ3) is 2.79. The number of aromatic nitrogens is 1.